The number of nitrogens with two attached hydrogens (primary N) is 1. The molecule has 0 aliphatic heterocycles. The molecule has 3 nitrogen and oxygen atoms in total. The van der Waals surface area contributed by atoms with E-state index >= 15 is 0 Å². The molecule has 0 saturated carbocycles. The molecule has 0 rings (SSSR count). The van der Waals surface area contributed by atoms with Crippen LogP contribution in [-0.2, 0) is 4.79 Å². The second-order valence-corrected chi connectivity index (χ2v) is 3.22. The molecule has 0 unspecified atom stereocenters. The third kappa shape index (κ3) is 3.59. The third-order valence-electron chi connectivity index (χ3n) is 2.55. The zero-order valence-electron chi connectivity index (χ0n) is 8.60. The average Bonchev–Trinajstić information content (AvgIpc) is 2.17. The van der Waals surface area contributed by atoms with Crippen LogP contribution in [0.1, 0.15) is 33.1 Å². The Kier molecular flexibility index (Phi) is 5.39. The summed E-state index contributed by atoms with van der Waals surface area (Å²) in [5.41, 5.74) is 5.37. The van der Waals surface area contributed by atoms with Crippen molar-refractivity contribution in [3.05, 3.63) is 12.7 Å². The van der Waals surface area contributed by atoms with Crippen molar-refractivity contribution < 1.29 is 4.79 Å². The van der Waals surface area contributed by atoms with E-state index in [-0.39, 0.29) is 11.4 Å². The summed E-state index contributed by atoms with van der Waals surface area (Å²) in [6.45, 7) is 8.14. The van der Waals surface area contributed by atoms with Crippen molar-refractivity contribution in [2.45, 2.75) is 38.6 Å². The summed E-state index contributed by atoms with van der Waals surface area (Å²) in [6, 6.07) is 0. The van der Waals surface area contributed by atoms with Crippen LogP contribution in [0.3, 0.4) is 0 Å². The van der Waals surface area contributed by atoms with Gasteiger partial charge >= 0.3 is 0 Å². The van der Waals surface area contributed by atoms with Crippen molar-refractivity contribution >= 4 is 5.91 Å². The van der Waals surface area contributed by atoms with E-state index in [9.17, 15) is 4.79 Å². The van der Waals surface area contributed by atoms with E-state index in [4.69, 9.17) is 5.73 Å². The van der Waals surface area contributed by atoms with E-state index in [1.165, 1.54) is 6.08 Å². The van der Waals surface area contributed by atoms with E-state index in [1.807, 2.05) is 0 Å². The van der Waals surface area contributed by atoms with Crippen molar-refractivity contribution in [1.29, 1.82) is 0 Å². The molecular formula is C10H20N2O. The van der Waals surface area contributed by atoms with Gasteiger partial charge < -0.3 is 11.1 Å². The summed E-state index contributed by atoms with van der Waals surface area (Å²) < 4.78 is 0. The number of nitrogens with one attached hydrogen (secondary N) is 1. The second-order valence-electron chi connectivity index (χ2n) is 3.22. The van der Waals surface area contributed by atoms with Gasteiger partial charge in [0.05, 0.1) is 0 Å². The maximum absolute atomic E-state index is 11.2. The Bertz CT molecular complexity index is 174. The summed E-state index contributed by atoms with van der Waals surface area (Å²) in [4.78, 5) is 11.2. The van der Waals surface area contributed by atoms with Gasteiger partial charge in [0.15, 0.2) is 0 Å². The normalized spacial score (nSPS) is 11.0. The number of rotatable bonds is 6. The maximum atomic E-state index is 11.2. The van der Waals surface area contributed by atoms with Crippen molar-refractivity contribution in [3.8, 4) is 0 Å². The van der Waals surface area contributed by atoms with Gasteiger partial charge in [-0.3, -0.25) is 4.79 Å². The Morgan fingerprint density at radius 1 is 1.54 bits per heavy atom. The lowest BCUT2D eigenvalue weighted by molar-refractivity contribution is -0.118. The predicted octanol–water partition coefficient (Wildman–Crippen LogP) is 1.20. The van der Waals surface area contributed by atoms with Gasteiger partial charge in [0.2, 0.25) is 5.91 Å². The first-order valence-electron chi connectivity index (χ1n) is 4.78. The average molecular weight is 184 g/mol. The molecule has 0 bridgehead atoms. The Morgan fingerprint density at radius 2 is 2.08 bits per heavy atom. The summed E-state index contributed by atoms with van der Waals surface area (Å²) >= 11 is 0. The molecule has 0 aliphatic rings. The van der Waals surface area contributed by atoms with E-state index < -0.39 is 0 Å². The van der Waals surface area contributed by atoms with Crippen LogP contribution in [0.4, 0.5) is 0 Å². The van der Waals surface area contributed by atoms with Gasteiger partial charge in [-0.2, -0.15) is 0 Å². The van der Waals surface area contributed by atoms with Crippen LogP contribution in [0, 0.1) is 0 Å². The standard InChI is InChI=1S/C10H20N2O/c1-4-9(13)12-10(5-2,6-3)7-8-11/h4H,1,5-8,11H2,2-3H3,(H,12,13). The molecule has 3 N–H and O–H groups in total. The Hall–Kier alpha value is -0.830. The lowest BCUT2D eigenvalue weighted by atomic mass is 9.89. The molecule has 0 heterocycles. The highest BCUT2D eigenvalue weighted by Crippen LogP contribution is 2.18. The maximum Gasteiger partial charge on any atom is 0.243 e. The molecule has 0 aromatic carbocycles. The second kappa shape index (κ2) is 5.75. The van der Waals surface area contributed by atoms with Crippen LogP contribution in [0.25, 0.3) is 0 Å². The third-order valence-corrected chi connectivity index (χ3v) is 2.55. The fourth-order valence-corrected chi connectivity index (χ4v) is 1.43. The Balaban J connectivity index is 4.36. The molecule has 3 heteroatoms. The lowest BCUT2D eigenvalue weighted by Crippen LogP contribution is -2.48. The molecule has 0 aliphatic carbocycles. The van der Waals surface area contributed by atoms with Crippen LogP contribution < -0.4 is 11.1 Å². The minimum atomic E-state index is -0.139. The first-order valence-corrected chi connectivity index (χ1v) is 4.78. The molecular weight excluding hydrogens is 164 g/mol. The zero-order valence-corrected chi connectivity index (χ0v) is 8.60. The Morgan fingerprint density at radius 3 is 2.38 bits per heavy atom. The predicted molar refractivity (Wildman–Crippen MR) is 55.3 cm³/mol. The number of hydrogen-bond acceptors (Lipinski definition) is 2. The highest BCUT2D eigenvalue weighted by Gasteiger charge is 2.25. The van der Waals surface area contributed by atoms with Gasteiger partial charge in [-0.25, -0.2) is 0 Å². The highest BCUT2D eigenvalue weighted by atomic mass is 16.1. The topological polar surface area (TPSA) is 55.1 Å². The molecule has 13 heavy (non-hydrogen) atoms. The van der Waals surface area contributed by atoms with Crippen LogP contribution in [0.5, 0.6) is 0 Å². The molecule has 0 saturated heterocycles. The SMILES string of the molecule is C=CC(=O)NC(CC)(CC)CCN. The van der Waals surface area contributed by atoms with Gasteiger partial charge in [-0.1, -0.05) is 20.4 Å². The molecule has 0 radical (unpaired) electrons. The first-order chi connectivity index (χ1) is 6.14. The van der Waals surface area contributed by atoms with Gasteiger partial charge in [0.25, 0.3) is 0 Å². The van der Waals surface area contributed by atoms with Gasteiger partial charge in [-0.05, 0) is 31.9 Å². The first kappa shape index (κ1) is 12.2. The Labute approximate surface area is 80.4 Å². The smallest absolute Gasteiger partial charge is 0.243 e. The van der Waals surface area contributed by atoms with Crippen LogP contribution in [-0.4, -0.2) is 18.0 Å². The largest absolute Gasteiger partial charge is 0.347 e. The summed E-state index contributed by atoms with van der Waals surface area (Å²) in [7, 11) is 0. The van der Waals surface area contributed by atoms with E-state index in [0.29, 0.717) is 6.54 Å². The van der Waals surface area contributed by atoms with Crippen molar-refractivity contribution in [1.82, 2.24) is 5.32 Å². The van der Waals surface area contributed by atoms with E-state index in [1.54, 1.807) is 0 Å². The minimum absolute atomic E-state index is 0.114. The van der Waals surface area contributed by atoms with Crippen LogP contribution >= 0.6 is 0 Å². The fraction of sp³-hybridized carbons (Fsp3) is 0.700. The molecule has 0 aromatic rings. The summed E-state index contributed by atoms with van der Waals surface area (Å²) in [5, 5.41) is 2.94. The number of carbonyl (C=O) groups is 1. The van der Waals surface area contributed by atoms with Crippen LogP contribution in [0.2, 0.25) is 0 Å². The van der Waals surface area contributed by atoms with Gasteiger partial charge in [0, 0.05) is 5.54 Å². The van der Waals surface area contributed by atoms with Crippen molar-refractivity contribution in [2.24, 2.45) is 5.73 Å². The van der Waals surface area contributed by atoms with E-state index in [0.717, 1.165) is 19.3 Å². The molecule has 0 atom stereocenters. The van der Waals surface area contributed by atoms with Crippen molar-refractivity contribution in [3.63, 3.8) is 0 Å². The molecule has 1 amide bonds. The summed E-state index contributed by atoms with van der Waals surface area (Å²) in [6.07, 6.45) is 3.93. The zero-order chi connectivity index (χ0) is 10.3. The number of amides is 1. The quantitative estimate of drug-likeness (QED) is 0.609. The lowest BCUT2D eigenvalue weighted by Gasteiger charge is -2.32. The summed E-state index contributed by atoms with van der Waals surface area (Å²) in [5.74, 6) is -0.114. The molecule has 76 valence electrons. The van der Waals surface area contributed by atoms with Crippen molar-refractivity contribution in [2.75, 3.05) is 6.54 Å². The molecule has 0 fully saturated rings. The van der Waals surface area contributed by atoms with Gasteiger partial charge in [0.1, 0.15) is 0 Å². The van der Waals surface area contributed by atoms with Gasteiger partial charge in [-0.15, -0.1) is 0 Å². The highest BCUT2D eigenvalue weighted by molar-refractivity contribution is 5.87. The van der Waals surface area contributed by atoms with E-state index in [2.05, 4.69) is 25.7 Å². The molecule has 0 aromatic heterocycles. The fourth-order valence-electron chi connectivity index (χ4n) is 1.43. The number of carbonyl (C=O) groups excluding carboxylic acids is 1. The van der Waals surface area contributed by atoms with Crippen LogP contribution in [0.15, 0.2) is 12.7 Å². The monoisotopic (exact) mass is 184 g/mol. The minimum Gasteiger partial charge on any atom is -0.347 e. The molecule has 0 spiro atoms. The number of hydrogen-bond donors (Lipinski definition) is 2.